The fourth-order valence-corrected chi connectivity index (χ4v) is 3.45. The van der Waals surface area contributed by atoms with E-state index in [1.807, 2.05) is 35.2 Å². The summed E-state index contributed by atoms with van der Waals surface area (Å²) in [5, 5.41) is 0. The highest BCUT2D eigenvalue weighted by atomic mass is 32.1. The maximum absolute atomic E-state index is 12.2. The van der Waals surface area contributed by atoms with Crippen molar-refractivity contribution in [2.45, 2.75) is 6.42 Å². The Balaban J connectivity index is 1.61. The summed E-state index contributed by atoms with van der Waals surface area (Å²) in [6.07, 6.45) is 1.12. The van der Waals surface area contributed by atoms with Gasteiger partial charge in [-0.3, -0.25) is 4.79 Å². The van der Waals surface area contributed by atoms with Crippen molar-refractivity contribution in [1.29, 1.82) is 0 Å². The van der Waals surface area contributed by atoms with Gasteiger partial charge in [-0.25, -0.2) is 0 Å². The zero-order chi connectivity index (χ0) is 14.2. The third-order valence-electron chi connectivity index (χ3n) is 3.79. The van der Waals surface area contributed by atoms with Crippen molar-refractivity contribution in [3.05, 3.63) is 35.2 Å². The number of fused-ring (bicyclic) bond motifs is 1. The molecule has 21 heavy (non-hydrogen) atoms. The summed E-state index contributed by atoms with van der Waals surface area (Å²) in [6, 6.07) is 9.84. The van der Waals surface area contributed by atoms with Crippen molar-refractivity contribution >= 4 is 17.2 Å². The lowest BCUT2D eigenvalue weighted by Gasteiger charge is -2.30. The first-order valence-corrected chi connectivity index (χ1v) is 7.92. The van der Waals surface area contributed by atoms with Gasteiger partial charge in [-0.15, -0.1) is 11.3 Å². The summed E-state index contributed by atoms with van der Waals surface area (Å²) in [4.78, 5) is 16.0. The molecule has 4 nitrogen and oxygen atoms in total. The second-order valence-corrected chi connectivity index (χ2v) is 6.25. The van der Waals surface area contributed by atoms with Crippen molar-refractivity contribution in [3.63, 3.8) is 0 Å². The molecule has 4 rings (SSSR count). The van der Waals surface area contributed by atoms with E-state index < -0.39 is 0 Å². The van der Waals surface area contributed by atoms with Gasteiger partial charge in [0.25, 0.3) is 5.91 Å². The summed E-state index contributed by atoms with van der Waals surface area (Å²) in [5.74, 6) is 1.72. The van der Waals surface area contributed by atoms with Crippen molar-refractivity contribution < 1.29 is 14.3 Å². The van der Waals surface area contributed by atoms with Crippen LogP contribution in [0.3, 0.4) is 0 Å². The molecule has 1 fully saturated rings. The number of amides is 1. The van der Waals surface area contributed by atoms with E-state index in [4.69, 9.17) is 9.47 Å². The second-order valence-electron chi connectivity index (χ2n) is 5.17. The molecule has 1 saturated heterocycles. The van der Waals surface area contributed by atoms with E-state index in [-0.39, 0.29) is 5.91 Å². The van der Waals surface area contributed by atoms with Crippen molar-refractivity contribution in [2.75, 3.05) is 26.3 Å². The van der Waals surface area contributed by atoms with E-state index in [2.05, 4.69) is 0 Å². The second kappa shape index (κ2) is 5.07. The van der Waals surface area contributed by atoms with Crippen LogP contribution in [-0.2, 0) is 0 Å². The van der Waals surface area contributed by atoms with Crippen LogP contribution >= 0.6 is 11.3 Å². The van der Waals surface area contributed by atoms with Crippen molar-refractivity contribution in [2.24, 2.45) is 0 Å². The summed E-state index contributed by atoms with van der Waals surface area (Å²) in [6.45, 7) is 2.95. The minimum absolute atomic E-state index is 0.148. The zero-order valence-corrected chi connectivity index (χ0v) is 12.3. The van der Waals surface area contributed by atoms with Crippen LogP contribution in [0.1, 0.15) is 16.1 Å². The van der Waals surface area contributed by atoms with E-state index in [0.29, 0.717) is 13.2 Å². The number of rotatable bonds is 2. The summed E-state index contributed by atoms with van der Waals surface area (Å²) in [7, 11) is 0. The van der Waals surface area contributed by atoms with Crippen molar-refractivity contribution in [3.8, 4) is 21.9 Å². The van der Waals surface area contributed by atoms with Gasteiger partial charge in [0.05, 0.1) is 4.88 Å². The summed E-state index contributed by atoms with van der Waals surface area (Å²) < 4.78 is 11.1. The highest BCUT2D eigenvalue weighted by molar-refractivity contribution is 7.17. The van der Waals surface area contributed by atoms with Crippen LogP contribution < -0.4 is 9.47 Å². The molecule has 1 aromatic heterocycles. The van der Waals surface area contributed by atoms with E-state index >= 15 is 0 Å². The smallest absolute Gasteiger partial charge is 0.263 e. The van der Waals surface area contributed by atoms with Gasteiger partial charge in [-0.2, -0.15) is 0 Å². The van der Waals surface area contributed by atoms with Gasteiger partial charge in [0.1, 0.15) is 13.2 Å². The largest absolute Gasteiger partial charge is 0.486 e. The van der Waals surface area contributed by atoms with Crippen LogP contribution in [0.2, 0.25) is 0 Å². The predicted molar refractivity (Wildman–Crippen MR) is 81.3 cm³/mol. The number of hydrogen-bond donors (Lipinski definition) is 0. The Bertz CT molecular complexity index is 691. The number of nitrogens with zero attached hydrogens (tertiary/aromatic N) is 1. The predicted octanol–water partition coefficient (Wildman–Crippen LogP) is 3.03. The number of thiophene rings is 1. The molecule has 2 aliphatic rings. The van der Waals surface area contributed by atoms with Crippen LogP contribution in [0.15, 0.2) is 30.3 Å². The first-order chi connectivity index (χ1) is 10.3. The molecule has 3 heterocycles. The lowest BCUT2D eigenvalue weighted by molar-refractivity contribution is 0.0657. The Kier molecular flexibility index (Phi) is 3.07. The third kappa shape index (κ3) is 2.27. The Hall–Kier alpha value is -2.01. The first kappa shape index (κ1) is 12.7. The highest BCUT2D eigenvalue weighted by Gasteiger charge is 2.23. The minimum atomic E-state index is 0.148. The molecule has 0 bridgehead atoms. The maximum atomic E-state index is 12.2. The van der Waals surface area contributed by atoms with Crippen LogP contribution in [0, 0.1) is 0 Å². The number of hydrogen-bond acceptors (Lipinski definition) is 4. The summed E-state index contributed by atoms with van der Waals surface area (Å²) in [5.41, 5.74) is 1.06. The Morgan fingerprint density at radius 3 is 2.62 bits per heavy atom. The zero-order valence-electron chi connectivity index (χ0n) is 11.5. The highest BCUT2D eigenvalue weighted by Crippen LogP contribution is 2.37. The van der Waals surface area contributed by atoms with Gasteiger partial charge >= 0.3 is 0 Å². The minimum Gasteiger partial charge on any atom is -0.486 e. The Morgan fingerprint density at radius 2 is 1.86 bits per heavy atom. The topological polar surface area (TPSA) is 38.8 Å². The monoisotopic (exact) mass is 301 g/mol. The summed E-state index contributed by atoms with van der Waals surface area (Å²) >= 11 is 1.53. The van der Waals surface area contributed by atoms with Gasteiger partial charge in [-0.05, 0) is 42.3 Å². The molecule has 2 aromatic rings. The number of benzene rings is 1. The molecule has 0 aliphatic carbocycles. The number of carbonyl (C=O) groups is 1. The van der Waals surface area contributed by atoms with E-state index in [9.17, 15) is 4.79 Å². The molecule has 5 heteroatoms. The lowest BCUT2D eigenvalue weighted by atomic mass is 10.1. The van der Waals surface area contributed by atoms with E-state index in [0.717, 1.165) is 46.3 Å². The fraction of sp³-hybridized carbons (Fsp3) is 0.312. The lowest BCUT2D eigenvalue weighted by Crippen LogP contribution is -2.41. The van der Waals surface area contributed by atoms with Crippen molar-refractivity contribution in [1.82, 2.24) is 4.90 Å². The van der Waals surface area contributed by atoms with Crippen LogP contribution in [0.25, 0.3) is 10.4 Å². The van der Waals surface area contributed by atoms with Crippen LogP contribution in [0.5, 0.6) is 11.5 Å². The molecular formula is C16H15NO3S. The third-order valence-corrected chi connectivity index (χ3v) is 4.91. The molecule has 0 spiro atoms. The SMILES string of the molecule is O=C(c1ccc(-c2ccc3c(c2)OCCO3)s1)N1CCC1. The molecule has 2 aliphatic heterocycles. The molecular weight excluding hydrogens is 286 g/mol. The van der Waals surface area contributed by atoms with Gasteiger partial charge in [0.15, 0.2) is 11.5 Å². The van der Waals surface area contributed by atoms with Crippen LogP contribution in [-0.4, -0.2) is 37.1 Å². The van der Waals surface area contributed by atoms with Crippen LogP contribution in [0.4, 0.5) is 0 Å². The Morgan fingerprint density at radius 1 is 1.05 bits per heavy atom. The van der Waals surface area contributed by atoms with E-state index in [1.165, 1.54) is 11.3 Å². The molecule has 1 amide bonds. The molecule has 0 N–H and O–H groups in total. The molecule has 1 aromatic carbocycles. The van der Waals surface area contributed by atoms with Gasteiger partial charge in [0, 0.05) is 18.0 Å². The van der Waals surface area contributed by atoms with E-state index in [1.54, 1.807) is 0 Å². The molecule has 108 valence electrons. The number of ether oxygens (including phenoxy) is 2. The average molecular weight is 301 g/mol. The maximum Gasteiger partial charge on any atom is 0.263 e. The fourth-order valence-electron chi connectivity index (χ4n) is 2.48. The van der Waals surface area contributed by atoms with Gasteiger partial charge < -0.3 is 14.4 Å². The molecule has 0 atom stereocenters. The number of likely N-dealkylation sites (tertiary alicyclic amines) is 1. The normalized spacial score (nSPS) is 16.5. The molecule has 0 unspecified atom stereocenters. The first-order valence-electron chi connectivity index (χ1n) is 7.10. The average Bonchev–Trinajstić information content (AvgIpc) is 2.95. The quantitative estimate of drug-likeness (QED) is 0.856. The standard InChI is InChI=1S/C16H15NO3S/c18-16(17-6-1-7-17)15-5-4-14(21-15)11-2-3-12-13(10-11)20-9-8-19-12/h2-5,10H,1,6-9H2. The van der Waals surface area contributed by atoms with Gasteiger partial charge in [-0.1, -0.05) is 0 Å². The van der Waals surface area contributed by atoms with Gasteiger partial charge in [0.2, 0.25) is 0 Å². The molecule has 0 saturated carbocycles. The molecule has 0 radical (unpaired) electrons. The number of carbonyl (C=O) groups excluding carboxylic acids is 1. The Labute approximate surface area is 126 Å².